The van der Waals surface area contributed by atoms with Crippen molar-refractivity contribution in [1.82, 2.24) is 0 Å². The molecule has 61 heavy (non-hydrogen) atoms. The molecule has 2 aromatic heterocycles. The summed E-state index contributed by atoms with van der Waals surface area (Å²) in [6, 6.07) is 63.4. The van der Waals surface area contributed by atoms with Gasteiger partial charge in [0.2, 0.25) is 0 Å². The molecule has 0 aliphatic carbocycles. The third-order valence-electron chi connectivity index (χ3n) is 11.3. The zero-order valence-corrected chi connectivity index (χ0v) is 39.2. The van der Waals surface area contributed by atoms with Crippen LogP contribution in [0.25, 0.3) is 55.4 Å². The average Bonchev–Trinajstić information content (AvgIpc) is 3.85. The van der Waals surface area contributed by atoms with Gasteiger partial charge in [0.15, 0.2) is 0 Å². The summed E-state index contributed by atoms with van der Waals surface area (Å²) in [5.74, 6) is 0.726. The summed E-state index contributed by atoms with van der Waals surface area (Å²) >= 11 is -2.14. The van der Waals surface area contributed by atoms with Crippen LogP contribution in [0.1, 0.15) is 61.8 Å². The Bertz CT molecular complexity index is 2950. The molecule has 0 saturated heterocycles. The molecule has 0 bridgehead atoms. The molecular weight excluding hydrogens is 984 g/mol. The van der Waals surface area contributed by atoms with Crippen LogP contribution in [0, 0.1) is 20.0 Å². The monoisotopic (exact) mass is 1030 g/mol. The van der Waals surface area contributed by atoms with Crippen LogP contribution < -0.4 is 13.3 Å². The quantitative estimate of drug-likeness (QED) is 0.0889. The van der Waals surface area contributed by atoms with Crippen LogP contribution in [0.15, 0.2) is 185 Å². The van der Waals surface area contributed by atoms with E-state index in [0.29, 0.717) is 11.8 Å². The fraction of sp³-hybridized carbons (Fsp3) is 0.107. The fourth-order valence-electron chi connectivity index (χ4n) is 8.24. The maximum absolute atomic E-state index is 6.78. The van der Waals surface area contributed by atoms with E-state index in [-0.39, 0.29) is 20.1 Å². The molecule has 300 valence electrons. The maximum atomic E-state index is 6.78. The first-order chi connectivity index (χ1) is 29.3. The van der Waals surface area contributed by atoms with Crippen LogP contribution in [0.5, 0.6) is 0 Å². The van der Waals surface area contributed by atoms with E-state index in [1.54, 1.807) is 0 Å². The summed E-state index contributed by atoms with van der Waals surface area (Å²) in [4.78, 5) is 5.44. The topological polar surface area (TPSA) is 29.4 Å². The van der Waals surface area contributed by atoms with E-state index < -0.39 is 14.7 Å². The van der Waals surface area contributed by atoms with Crippen molar-refractivity contribution >= 4 is 55.5 Å². The molecule has 1 unspecified atom stereocenters. The van der Waals surface area contributed by atoms with Crippen LogP contribution in [0.2, 0.25) is 0 Å². The Hall–Kier alpha value is -5.89. The van der Waals surface area contributed by atoms with E-state index in [4.69, 9.17) is 9.41 Å². The van der Waals surface area contributed by atoms with E-state index in [2.05, 4.69) is 181 Å². The summed E-state index contributed by atoms with van der Waals surface area (Å²) in [6.45, 7) is 13.3. The number of hydrogen-bond acceptors (Lipinski definition) is 2. The second-order valence-corrected chi connectivity index (χ2v) is 20.2. The van der Waals surface area contributed by atoms with E-state index in [1.807, 2.05) is 47.2 Å². The molecule has 3 heterocycles. The Morgan fingerprint density at radius 3 is 1.92 bits per heavy atom. The number of aliphatic imine (C=N–C) groups is 1. The van der Waals surface area contributed by atoms with E-state index >= 15 is 0 Å². The van der Waals surface area contributed by atoms with Crippen molar-refractivity contribution in [1.29, 1.82) is 0 Å². The van der Waals surface area contributed by atoms with Crippen LogP contribution in [-0.2, 0) is 20.1 Å². The molecule has 0 amide bonds. The first-order valence-electron chi connectivity index (χ1n) is 20.6. The zero-order valence-electron chi connectivity index (χ0n) is 34.9. The van der Waals surface area contributed by atoms with Gasteiger partial charge in [-0.05, 0) is 0 Å². The van der Waals surface area contributed by atoms with Gasteiger partial charge in [-0.25, -0.2) is 0 Å². The van der Waals surface area contributed by atoms with Crippen LogP contribution in [-0.4, -0.2) is 19.2 Å². The minimum atomic E-state index is -2.14. The van der Waals surface area contributed by atoms with Crippen LogP contribution >= 0.6 is 0 Å². The predicted molar refractivity (Wildman–Crippen MR) is 253 cm³/mol. The van der Waals surface area contributed by atoms with Gasteiger partial charge in [-0.15, -0.1) is 17.7 Å². The Kier molecular flexibility index (Phi) is 12.3. The Balaban J connectivity index is 0.000000291. The van der Waals surface area contributed by atoms with Crippen molar-refractivity contribution in [2.24, 2.45) is 4.99 Å². The van der Waals surface area contributed by atoms with Gasteiger partial charge in [0, 0.05) is 7.05 Å². The minimum absolute atomic E-state index is 0. The third kappa shape index (κ3) is 8.17. The van der Waals surface area contributed by atoms with Crippen molar-refractivity contribution in [3.05, 3.63) is 218 Å². The number of furan rings is 1. The van der Waals surface area contributed by atoms with Gasteiger partial charge in [-0.3, -0.25) is 0 Å². The van der Waals surface area contributed by atoms with Gasteiger partial charge >= 0.3 is 297 Å². The second-order valence-electron chi connectivity index (χ2n) is 15.9. The number of benzene rings is 7. The van der Waals surface area contributed by atoms with Crippen molar-refractivity contribution in [3.63, 3.8) is 0 Å². The third-order valence-corrected chi connectivity index (χ3v) is 16.7. The SMILES string of the molecule is CC(C)c1cc(-c2ccccc2)cc(C(C)C)c1[As]1C(c2[c-]ccc3c2oc2cc(-c4ccccc4)ccc23)=Nc2ccccc21.[CH2-]c1ccccc1-c1cccc[n+]1[CH2-].[Ir+3]. The smallest absolute Gasteiger partial charge is 0.343 e. The van der Waals surface area contributed by atoms with Gasteiger partial charge in [0.1, 0.15) is 0 Å². The first-order valence-corrected chi connectivity index (χ1v) is 23.4. The van der Waals surface area contributed by atoms with Crippen molar-refractivity contribution in [2.45, 2.75) is 39.5 Å². The average molecular weight is 1030 g/mol. The largest absolute Gasteiger partial charge is 3.00 e. The molecule has 1 atom stereocenters. The molecule has 1 aliphatic heterocycles. The van der Waals surface area contributed by atoms with Gasteiger partial charge in [0.05, 0.1) is 11.9 Å². The molecule has 0 radical (unpaired) electrons. The van der Waals surface area contributed by atoms with Crippen molar-refractivity contribution in [3.8, 4) is 33.5 Å². The normalized spacial score (nSPS) is 13.1. The summed E-state index contributed by atoms with van der Waals surface area (Å²) in [7, 11) is 3.93. The number of aromatic nitrogens is 1. The Morgan fingerprint density at radius 1 is 0.623 bits per heavy atom. The van der Waals surface area contributed by atoms with Crippen molar-refractivity contribution in [2.75, 3.05) is 0 Å². The van der Waals surface area contributed by atoms with Crippen LogP contribution in [0.4, 0.5) is 5.69 Å². The standard InChI is InChI=1S/C43H35AsNO.C13H12N.Ir/c1-27(2)36-24-32(30-16-9-6-10-17-30)25-37(28(3)4)41(36)44-38-20-11-12-21-39(38)45-43(44)35-19-13-18-34-33-23-22-31(26-40(33)46-42(34)35)29-14-7-5-8-15-29;1-11-7-3-4-8-12(11)13-9-5-6-10-14(13)2;/h5-18,20-28H,1-4H3;3-10H,1-2H2;/q2*-1;+3. The molecule has 7 aromatic carbocycles. The number of nitrogens with zero attached hydrogens (tertiary/aromatic N) is 2. The molecular formula is C56H47AsIrN2O+. The number of rotatable bonds is 7. The molecule has 3 nitrogen and oxygen atoms in total. The fourth-order valence-corrected chi connectivity index (χ4v) is 14.6. The first kappa shape index (κ1) is 41.8. The summed E-state index contributed by atoms with van der Waals surface area (Å²) in [5.41, 5.74) is 14.8. The molecule has 0 fully saturated rings. The summed E-state index contributed by atoms with van der Waals surface area (Å²) < 4.78 is 12.7. The van der Waals surface area contributed by atoms with Gasteiger partial charge in [-0.1, -0.05) is 24.3 Å². The van der Waals surface area contributed by atoms with Gasteiger partial charge < -0.3 is 4.57 Å². The number of fused-ring (bicyclic) bond motifs is 4. The summed E-state index contributed by atoms with van der Waals surface area (Å²) in [5, 5.41) is 2.24. The second kappa shape index (κ2) is 18.0. The maximum Gasteiger partial charge on any atom is 3.00 e. The zero-order chi connectivity index (χ0) is 41.3. The molecule has 5 heteroatoms. The molecule has 0 spiro atoms. The molecule has 10 rings (SSSR count). The van der Waals surface area contributed by atoms with Crippen molar-refractivity contribution < 1.29 is 29.1 Å². The van der Waals surface area contributed by atoms with Gasteiger partial charge in [0.25, 0.3) is 0 Å². The number of pyridine rings is 1. The minimum Gasteiger partial charge on any atom is -0.343 e. The molecule has 0 N–H and O–H groups in total. The van der Waals surface area contributed by atoms with Crippen LogP contribution in [0.3, 0.4) is 0 Å². The molecule has 1 aliphatic rings. The van der Waals surface area contributed by atoms with E-state index in [0.717, 1.165) is 60.1 Å². The summed E-state index contributed by atoms with van der Waals surface area (Å²) in [6.07, 6.45) is 1.93. The Morgan fingerprint density at radius 2 is 1.25 bits per heavy atom. The van der Waals surface area contributed by atoms with E-state index in [1.165, 1.54) is 36.5 Å². The predicted octanol–water partition coefficient (Wildman–Crippen LogP) is 12.7. The van der Waals surface area contributed by atoms with Gasteiger partial charge in [-0.2, -0.15) is 18.6 Å². The number of para-hydroxylation sites is 1. The molecule has 0 saturated carbocycles. The van der Waals surface area contributed by atoms with E-state index in [9.17, 15) is 0 Å². The molecule has 9 aromatic rings. The number of hydrogen-bond donors (Lipinski definition) is 0. The Labute approximate surface area is 378 Å².